The number of hydrogen-bond acceptors (Lipinski definition) is 4. The second-order valence-electron chi connectivity index (χ2n) is 5.98. The summed E-state index contributed by atoms with van der Waals surface area (Å²) in [5.74, 6) is 0.879. The minimum Gasteiger partial charge on any atom is -0.490 e. The Labute approximate surface area is 118 Å². The molecule has 110 valence electrons. The van der Waals surface area contributed by atoms with Crippen LogP contribution in [-0.4, -0.2) is 29.9 Å². The average Bonchev–Trinajstić information content (AvgIpc) is 2.84. The fourth-order valence-corrected chi connectivity index (χ4v) is 3.87. The van der Waals surface area contributed by atoms with Gasteiger partial charge in [-0.3, -0.25) is 9.36 Å². The van der Waals surface area contributed by atoms with Gasteiger partial charge in [0.2, 0.25) is 5.75 Å². The molecule has 5 nitrogen and oxygen atoms in total. The van der Waals surface area contributed by atoms with E-state index in [0.717, 1.165) is 32.6 Å². The molecule has 3 rings (SSSR count). The molecule has 0 radical (unpaired) electrons. The summed E-state index contributed by atoms with van der Waals surface area (Å²) in [5, 5.41) is 0. The number of methoxy groups -OCH3 is 1. The zero-order valence-electron chi connectivity index (χ0n) is 12.0. The standard InChI is InChI=1S/C15H22N2O3/c1-19-13-9-16-11-17(14(13)18)10-12-3-2-4-15(12)5-7-20-8-6-15/h9,11-12H,2-8,10H2,1H3. The monoisotopic (exact) mass is 278 g/mol. The number of aromatic nitrogens is 2. The van der Waals surface area contributed by atoms with Gasteiger partial charge in [0, 0.05) is 19.8 Å². The molecule has 2 fully saturated rings. The first kappa shape index (κ1) is 13.6. The van der Waals surface area contributed by atoms with Crippen LogP contribution < -0.4 is 10.3 Å². The molecular weight excluding hydrogens is 256 g/mol. The molecule has 1 atom stereocenters. The number of hydrogen-bond donors (Lipinski definition) is 0. The van der Waals surface area contributed by atoms with Crippen molar-refractivity contribution in [1.82, 2.24) is 9.55 Å². The Kier molecular flexibility index (Phi) is 3.78. The van der Waals surface area contributed by atoms with Gasteiger partial charge in [-0.15, -0.1) is 0 Å². The SMILES string of the molecule is COc1cncn(CC2CCCC23CCOCC3)c1=O. The van der Waals surface area contributed by atoms with Gasteiger partial charge in [0.1, 0.15) is 0 Å². The lowest BCUT2D eigenvalue weighted by molar-refractivity contribution is -0.00987. The first-order valence-electron chi connectivity index (χ1n) is 7.41. The maximum Gasteiger partial charge on any atom is 0.295 e. The Hall–Kier alpha value is -1.36. The molecule has 1 saturated heterocycles. The lowest BCUT2D eigenvalue weighted by atomic mass is 9.72. The van der Waals surface area contributed by atoms with E-state index in [2.05, 4.69) is 4.98 Å². The third-order valence-electron chi connectivity index (χ3n) is 5.09. The maximum atomic E-state index is 12.2. The minimum atomic E-state index is -0.0726. The molecule has 0 amide bonds. The third kappa shape index (κ3) is 2.35. The number of ether oxygens (including phenoxy) is 2. The minimum absolute atomic E-state index is 0.0726. The molecule has 1 aliphatic carbocycles. The van der Waals surface area contributed by atoms with Gasteiger partial charge in [-0.2, -0.15) is 0 Å². The predicted octanol–water partition coefficient (Wildman–Crippen LogP) is 1.85. The highest BCUT2D eigenvalue weighted by molar-refractivity contribution is 5.11. The Morgan fingerprint density at radius 3 is 3.00 bits per heavy atom. The lowest BCUT2D eigenvalue weighted by Gasteiger charge is -2.39. The largest absolute Gasteiger partial charge is 0.490 e. The Morgan fingerprint density at radius 2 is 2.25 bits per heavy atom. The van der Waals surface area contributed by atoms with Crippen LogP contribution in [0.2, 0.25) is 0 Å². The molecule has 2 aliphatic rings. The van der Waals surface area contributed by atoms with Crippen molar-refractivity contribution in [1.29, 1.82) is 0 Å². The molecular formula is C15H22N2O3. The highest BCUT2D eigenvalue weighted by Gasteiger charge is 2.43. The average molecular weight is 278 g/mol. The predicted molar refractivity (Wildman–Crippen MR) is 74.9 cm³/mol. The van der Waals surface area contributed by atoms with E-state index in [1.54, 1.807) is 10.9 Å². The van der Waals surface area contributed by atoms with E-state index in [4.69, 9.17) is 9.47 Å². The van der Waals surface area contributed by atoms with Crippen LogP contribution in [0.1, 0.15) is 32.1 Å². The second-order valence-corrected chi connectivity index (χ2v) is 5.98. The summed E-state index contributed by atoms with van der Waals surface area (Å²) in [6, 6.07) is 0. The molecule has 1 aromatic rings. The van der Waals surface area contributed by atoms with E-state index in [9.17, 15) is 4.79 Å². The molecule has 2 heterocycles. The van der Waals surface area contributed by atoms with E-state index >= 15 is 0 Å². The normalized spacial score (nSPS) is 24.9. The smallest absolute Gasteiger partial charge is 0.295 e. The molecule has 1 aliphatic heterocycles. The molecule has 0 N–H and O–H groups in total. The number of nitrogens with zero attached hydrogens (tertiary/aromatic N) is 2. The number of rotatable bonds is 3. The summed E-state index contributed by atoms with van der Waals surface area (Å²) in [4.78, 5) is 16.3. The van der Waals surface area contributed by atoms with Crippen LogP contribution in [0.4, 0.5) is 0 Å². The van der Waals surface area contributed by atoms with E-state index in [-0.39, 0.29) is 5.56 Å². The van der Waals surface area contributed by atoms with E-state index < -0.39 is 0 Å². The van der Waals surface area contributed by atoms with Crippen molar-refractivity contribution in [3.8, 4) is 5.75 Å². The van der Waals surface area contributed by atoms with Crippen molar-refractivity contribution in [2.24, 2.45) is 11.3 Å². The zero-order valence-corrected chi connectivity index (χ0v) is 12.0. The van der Waals surface area contributed by atoms with Gasteiger partial charge < -0.3 is 9.47 Å². The van der Waals surface area contributed by atoms with Crippen LogP contribution in [0.5, 0.6) is 5.75 Å². The molecule has 5 heteroatoms. The highest BCUT2D eigenvalue weighted by atomic mass is 16.5. The van der Waals surface area contributed by atoms with E-state index in [1.807, 2.05) is 0 Å². The van der Waals surface area contributed by atoms with Gasteiger partial charge in [0.15, 0.2) is 0 Å². The van der Waals surface area contributed by atoms with Crippen molar-refractivity contribution >= 4 is 0 Å². The van der Waals surface area contributed by atoms with Crippen LogP contribution in [0.25, 0.3) is 0 Å². The van der Waals surface area contributed by atoms with E-state index in [0.29, 0.717) is 17.1 Å². The third-order valence-corrected chi connectivity index (χ3v) is 5.09. The summed E-state index contributed by atoms with van der Waals surface area (Å²) < 4.78 is 12.3. The zero-order chi connectivity index (χ0) is 14.0. The molecule has 1 unspecified atom stereocenters. The lowest BCUT2D eigenvalue weighted by Crippen LogP contribution is -2.37. The molecule has 1 spiro atoms. The topological polar surface area (TPSA) is 53.4 Å². The quantitative estimate of drug-likeness (QED) is 0.846. The van der Waals surface area contributed by atoms with Crippen LogP contribution in [0.15, 0.2) is 17.3 Å². The Bertz CT molecular complexity index is 520. The van der Waals surface area contributed by atoms with Gasteiger partial charge >= 0.3 is 0 Å². The van der Waals surface area contributed by atoms with Gasteiger partial charge in [-0.25, -0.2) is 4.98 Å². The summed E-state index contributed by atoms with van der Waals surface area (Å²) in [5.41, 5.74) is 0.303. The molecule has 1 saturated carbocycles. The molecule has 0 aromatic carbocycles. The van der Waals surface area contributed by atoms with Crippen molar-refractivity contribution in [2.45, 2.75) is 38.6 Å². The highest BCUT2D eigenvalue weighted by Crippen LogP contribution is 2.50. The fraction of sp³-hybridized carbons (Fsp3) is 0.733. The van der Waals surface area contributed by atoms with Crippen molar-refractivity contribution in [3.05, 3.63) is 22.9 Å². The van der Waals surface area contributed by atoms with Crippen LogP contribution >= 0.6 is 0 Å². The van der Waals surface area contributed by atoms with Crippen molar-refractivity contribution in [2.75, 3.05) is 20.3 Å². The van der Waals surface area contributed by atoms with Crippen molar-refractivity contribution < 1.29 is 9.47 Å². The molecule has 1 aromatic heterocycles. The Morgan fingerprint density at radius 1 is 1.45 bits per heavy atom. The molecule has 0 bridgehead atoms. The summed E-state index contributed by atoms with van der Waals surface area (Å²) in [6.45, 7) is 2.48. The fourth-order valence-electron chi connectivity index (χ4n) is 3.87. The maximum absolute atomic E-state index is 12.2. The van der Waals surface area contributed by atoms with Gasteiger partial charge in [0.05, 0.1) is 19.6 Å². The second kappa shape index (κ2) is 5.56. The van der Waals surface area contributed by atoms with Gasteiger partial charge in [0.25, 0.3) is 5.56 Å². The van der Waals surface area contributed by atoms with E-state index in [1.165, 1.54) is 32.6 Å². The van der Waals surface area contributed by atoms with Gasteiger partial charge in [-0.05, 0) is 37.0 Å². The Balaban J connectivity index is 1.82. The summed E-state index contributed by atoms with van der Waals surface area (Å²) in [7, 11) is 1.51. The van der Waals surface area contributed by atoms with Crippen LogP contribution in [-0.2, 0) is 11.3 Å². The van der Waals surface area contributed by atoms with Crippen LogP contribution in [0, 0.1) is 11.3 Å². The van der Waals surface area contributed by atoms with Gasteiger partial charge in [-0.1, -0.05) is 6.42 Å². The first-order chi connectivity index (χ1) is 9.75. The first-order valence-corrected chi connectivity index (χ1v) is 7.41. The molecule has 20 heavy (non-hydrogen) atoms. The summed E-state index contributed by atoms with van der Waals surface area (Å²) >= 11 is 0. The van der Waals surface area contributed by atoms with Crippen LogP contribution in [0.3, 0.4) is 0 Å². The van der Waals surface area contributed by atoms with Crippen molar-refractivity contribution in [3.63, 3.8) is 0 Å². The summed E-state index contributed by atoms with van der Waals surface area (Å²) in [6.07, 6.45) is 9.11.